The second-order valence-corrected chi connectivity index (χ2v) is 8.35. The lowest BCUT2D eigenvalue weighted by molar-refractivity contribution is -0.916. The van der Waals surface area contributed by atoms with E-state index < -0.39 is 0 Å². The van der Waals surface area contributed by atoms with E-state index in [0.29, 0.717) is 6.61 Å². The average molecular weight is 343 g/mol. The van der Waals surface area contributed by atoms with E-state index in [1.165, 1.54) is 96.3 Å². The van der Waals surface area contributed by atoms with Gasteiger partial charge in [-0.1, -0.05) is 84.5 Å². The molecule has 0 aromatic rings. The smallest absolute Gasteiger partial charge is 0.102 e. The van der Waals surface area contributed by atoms with Gasteiger partial charge in [-0.3, -0.25) is 0 Å². The van der Waals surface area contributed by atoms with E-state index in [2.05, 4.69) is 27.9 Å². The van der Waals surface area contributed by atoms with Crippen molar-refractivity contribution in [2.45, 2.75) is 116 Å². The zero-order chi connectivity index (χ0) is 18.1. The van der Waals surface area contributed by atoms with E-state index in [0.717, 1.165) is 17.1 Å². The van der Waals surface area contributed by atoms with Crippen molar-refractivity contribution in [3.8, 4) is 0 Å². The van der Waals surface area contributed by atoms with Crippen LogP contribution in [0.1, 0.15) is 110 Å². The van der Waals surface area contributed by atoms with Crippen LogP contribution in [0.25, 0.3) is 0 Å². The number of rotatable bonds is 18. The van der Waals surface area contributed by atoms with Crippen molar-refractivity contribution in [1.82, 2.24) is 0 Å². The maximum atomic E-state index is 9.32. The molecule has 2 heteroatoms. The van der Waals surface area contributed by atoms with Crippen molar-refractivity contribution < 1.29 is 9.59 Å². The third kappa shape index (κ3) is 13.2. The molecule has 0 bridgehead atoms. The summed E-state index contributed by atoms with van der Waals surface area (Å²) in [5.41, 5.74) is 0. The molecule has 1 unspecified atom stereocenters. The van der Waals surface area contributed by atoms with Gasteiger partial charge in [0.25, 0.3) is 0 Å². The molecule has 24 heavy (non-hydrogen) atoms. The van der Waals surface area contributed by atoms with Gasteiger partial charge < -0.3 is 9.59 Å². The van der Waals surface area contributed by atoms with Gasteiger partial charge in [-0.15, -0.1) is 0 Å². The molecule has 0 saturated carbocycles. The highest BCUT2D eigenvalue weighted by molar-refractivity contribution is 4.60. The Balaban J connectivity index is 3.69. The molecule has 0 aliphatic rings. The summed E-state index contributed by atoms with van der Waals surface area (Å²) >= 11 is 0. The molecule has 1 N–H and O–H groups in total. The van der Waals surface area contributed by atoms with Gasteiger partial charge in [0.2, 0.25) is 0 Å². The monoisotopic (exact) mass is 342 g/mol. The zero-order valence-corrected chi connectivity index (χ0v) is 17.5. The van der Waals surface area contributed by atoms with Crippen LogP contribution >= 0.6 is 0 Å². The van der Waals surface area contributed by atoms with E-state index in [1.807, 2.05) is 0 Å². The number of likely N-dealkylation sites (N-methyl/N-ethyl adjacent to an activating group) is 1. The fourth-order valence-corrected chi connectivity index (χ4v) is 3.77. The molecule has 0 aromatic carbocycles. The van der Waals surface area contributed by atoms with Crippen LogP contribution < -0.4 is 0 Å². The Morgan fingerprint density at radius 2 is 1.04 bits per heavy atom. The van der Waals surface area contributed by atoms with Crippen LogP contribution in [0.4, 0.5) is 0 Å². The molecule has 0 heterocycles. The van der Waals surface area contributed by atoms with Crippen molar-refractivity contribution in [3.05, 3.63) is 0 Å². The first kappa shape index (κ1) is 23.9. The van der Waals surface area contributed by atoms with Gasteiger partial charge in [-0.05, 0) is 25.7 Å². The topological polar surface area (TPSA) is 20.2 Å². The lowest BCUT2D eigenvalue weighted by atomic mass is 9.98. The number of nitrogens with zero attached hydrogens (tertiary/aromatic N) is 1. The molecule has 1 atom stereocenters. The third-order valence-electron chi connectivity index (χ3n) is 5.70. The Bertz CT molecular complexity index is 252. The molecule has 0 aromatic heterocycles. The standard InChI is InChI=1S/C22H48NO/c1-5-7-9-10-11-12-13-14-15-16-17-19-22(18-8-6-2)23(3,4)20-21-24/h22,24H,5-21H2,1-4H3/q+1. The largest absolute Gasteiger partial charge is 0.391 e. The molecule has 0 radical (unpaired) electrons. The van der Waals surface area contributed by atoms with Crippen LogP contribution in [-0.2, 0) is 0 Å². The summed E-state index contributed by atoms with van der Waals surface area (Å²) in [4.78, 5) is 0. The lowest BCUT2D eigenvalue weighted by Crippen LogP contribution is -2.50. The molecule has 146 valence electrons. The SMILES string of the molecule is CCCCCCCCCCCCCC(CCCC)[N+](C)(C)CCO. The molecular formula is C22H48NO+. The highest BCUT2D eigenvalue weighted by atomic mass is 16.3. The number of aliphatic hydroxyl groups is 1. The van der Waals surface area contributed by atoms with Gasteiger partial charge in [0, 0.05) is 0 Å². The quantitative estimate of drug-likeness (QED) is 0.228. The second-order valence-electron chi connectivity index (χ2n) is 8.35. The fourth-order valence-electron chi connectivity index (χ4n) is 3.77. The Kier molecular flexibility index (Phi) is 16.3. The minimum absolute atomic E-state index is 0.313. The van der Waals surface area contributed by atoms with E-state index >= 15 is 0 Å². The van der Waals surface area contributed by atoms with Gasteiger partial charge in [0.15, 0.2) is 0 Å². The number of hydrogen-bond donors (Lipinski definition) is 1. The van der Waals surface area contributed by atoms with Gasteiger partial charge in [-0.2, -0.15) is 0 Å². The van der Waals surface area contributed by atoms with Crippen LogP contribution in [-0.4, -0.2) is 42.9 Å². The van der Waals surface area contributed by atoms with E-state index in [1.54, 1.807) is 0 Å². The van der Waals surface area contributed by atoms with E-state index in [4.69, 9.17) is 0 Å². The van der Waals surface area contributed by atoms with Crippen LogP contribution in [0.2, 0.25) is 0 Å². The molecule has 0 fully saturated rings. The first-order valence-electron chi connectivity index (χ1n) is 11.0. The number of unbranched alkanes of at least 4 members (excludes halogenated alkanes) is 11. The summed E-state index contributed by atoms with van der Waals surface area (Å²) in [6.45, 7) is 5.78. The van der Waals surface area contributed by atoms with Crippen molar-refractivity contribution in [1.29, 1.82) is 0 Å². The van der Waals surface area contributed by atoms with Gasteiger partial charge in [-0.25, -0.2) is 0 Å². The summed E-state index contributed by atoms with van der Waals surface area (Å²) in [5.74, 6) is 0. The van der Waals surface area contributed by atoms with E-state index in [-0.39, 0.29) is 0 Å². The summed E-state index contributed by atoms with van der Waals surface area (Å²) in [5, 5.41) is 9.32. The Morgan fingerprint density at radius 1 is 0.625 bits per heavy atom. The first-order chi connectivity index (χ1) is 11.6. The molecule has 0 rings (SSSR count). The maximum absolute atomic E-state index is 9.32. The Hall–Kier alpha value is -0.0800. The molecule has 0 amide bonds. The normalized spacial score (nSPS) is 13.4. The van der Waals surface area contributed by atoms with Crippen LogP contribution in [0.15, 0.2) is 0 Å². The molecule has 0 aliphatic heterocycles. The molecular weight excluding hydrogens is 294 g/mol. The van der Waals surface area contributed by atoms with Crippen molar-refractivity contribution in [2.75, 3.05) is 27.2 Å². The Labute approximate surface area is 153 Å². The fraction of sp³-hybridized carbons (Fsp3) is 1.00. The minimum atomic E-state index is 0.313. The molecule has 2 nitrogen and oxygen atoms in total. The summed E-state index contributed by atoms with van der Waals surface area (Å²) in [6, 6.07) is 0.732. The zero-order valence-electron chi connectivity index (χ0n) is 17.5. The van der Waals surface area contributed by atoms with Crippen molar-refractivity contribution >= 4 is 0 Å². The maximum Gasteiger partial charge on any atom is 0.102 e. The summed E-state index contributed by atoms with van der Waals surface area (Å²) < 4.78 is 0.994. The van der Waals surface area contributed by atoms with Crippen LogP contribution in [0, 0.1) is 0 Å². The summed E-state index contributed by atoms with van der Waals surface area (Å²) in [6.07, 6.45) is 20.9. The first-order valence-corrected chi connectivity index (χ1v) is 11.0. The number of quaternary nitrogens is 1. The van der Waals surface area contributed by atoms with Gasteiger partial charge >= 0.3 is 0 Å². The number of hydrogen-bond acceptors (Lipinski definition) is 1. The molecule has 0 aliphatic carbocycles. The van der Waals surface area contributed by atoms with Crippen molar-refractivity contribution in [2.24, 2.45) is 0 Å². The van der Waals surface area contributed by atoms with Crippen LogP contribution in [0.3, 0.4) is 0 Å². The predicted octanol–water partition coefficient (Wildman–Crippen LogP) is 6.32. The molecule has 0 saturated heterocycles. The highest BCUT2D eigenvalue weighted by Gasteiger charge is 2.26. The van der Waals surface area contributed by atoms with Crippen LogP contribution in [0.5, 0.6) is 0 Å². The molecule has 0 spiro atoms. The third-order valence-corrected chi connectivity index (χ3v) is 5.70. The number of aliphatic hydroxyl groups excluding tert-OH is 1. The summed E-state index contributed by atoms with van der Waals surface area (Å²) in [7, 11) is 4.60. The van der Waals surface area contributed by atoms with Crippen molar-refractivity contribution in [3.63, 3.8) is 0 Å². The lowest BCUT2D eigenvalue weighted by Gasteiger charge is -2.38. The highest BCUT2D eigenvalue weighted by Crippen LogP contribution is 2.21. The van der Waals surface area contributed by atoms with E-state index in [9.17, 15) is 5.11 Å². The predicted molar refractivity (Wildman–Crippen MR) is 108 cm³/mol. The van der Waals surface area contributed by atoms with Gasteiger partial charge in [0.05, 0.1) is 26.7 Å². The van der Waals surface area contributed by atoms with Gasteiger partial charge in [0.1, 0.15) is 6.54 Å². The Morgan fingerprint density at radius 3 is 1.50 bits per heavy atom. The average Bonchev–Trinajstić information content (AvgIpc) is 2.55. The minimum Gasteiger partial charge on any atom is -0.391 e. The second kappa shape index (κ2) is 16.4.